The SMILES string of the molecule is IC1[SiH2]C[SiH]1I. The summed E-state index contributed by atoms with van der Waals surface area (Å²) in [4.78, 5) is 0. The highest BCUT2D eigenvalue weighted by Crippen LogP contribution is 2.23. The van der Waals surface area contributed by atoms with Crippen molar-refractivity contribution in [3.05, 3.63) is 0 Å². The Morgan fingerprint density at radius 1 is 1.83 bits per heavy atom. The quantitative estimate of drug-likeness (QED) is 0.262. The molecule has 0 N–H and O–H groups in total. The molecule has 1 heterocycles. The molecule has 0 aliphatic carbocycles. The zero-order chi connectivity index (χ0) is 4.57. The first-order chi connectivity index (χ1) is 2.80. The molecule has 1 saturated heterocycles. The lowest BCUT2D eigenvalue weighted by Crippen LogP contribution is -2.38. The summed E-state index contributed by atoms with van der Waals surface area (Å²) in [6, 6.07) is 0. The lowest BCUT2D eigenvalue weighted by Gasteiger charge is -2.23. The molecule has 4 heteroatoms. The van der Waals surface area contributed by atoms with Crippen LogP contribution in [0.25, 0.3) is 0 Å². The number of hydrogen-bond donors (Lipinski definition) is 0. The zero-order valence-corrected chi connectivity index (χ0v) is 10.2. The molecule has 1 aliphatic heterocycles. The smallest absolute Gasteiger partial charge is 0.116 e. The molecular formula is C2H6I2Si2. The van der Waals surface area contributed by atoms with E-state index >= 15 is 0 Å². The van der Waals surface area contributed by atoms with Crippen LogP contribution in [0.3, 0.4) is 0 Å². The van der Waals surface area contributed by atoms with Crippen LogP contribution in [0.2, 0.25) is 5.67 Å². The van der Waals surface area contributed by atoms with Gasteiger partial charge in [0.1, 0.15) is 6.29 Å². The fourth-order valence-corrected chi connectivity index (χ4v) is 16.7. The molecular weight excluding hydrogens is 334 g/mol. The Kier molecular flexibility index (Phi) is 2.45. The molecule has 0 amide bonds. The van der Waals surface area contributed by atoms with Crippen LogP contribution in [0, 0.1) is 0 Å². The standard InChI is InChI=1S/C2H6I2Si2/c3-2-5-1-6(2)4/h2,6H,1,5H2. The summed E-state index contributed by atoms with van der Waals surface area (Å²) in [5, 5.41) is 0. The topological polar surface area (TPSA) is 0 Å². The fraction of sp³-hybridized carbons (Fsp3) is 1.00. The van der Waals surface area contributed by atoms with E-state index in [4.69, 9.17) is 0 Å². The summed E-state index contributed by atoms with van der Waals surface area (Å²) >= 11 is 5.32. The molecule has 2 atom stereocenters. The highest BCUT2D eigenvalue weighted by Gasteiger charge is 2.27. The van der Waals surface area contributed by atoms with E-state index in [1.807, 2.05) is 0 Å². The van der Waals surface area contributed by atoms with Crippen LogP contribution in [0.5, 0.6) is 0 Å². The van der Waals surface area contributed by atoms with Gasteiger partial charge in [-0.3, -0.25) is 0 Å². The molecule has 0 bridgehead atoms. The molecule has 0 nitrogen and oxygen atoms in total. The van der Waals surface area contributed by atoms with Crippen molar-refractivity contribution in [3.63, 3.8) is 0 Å². The number of halogens is 2. The maximum absolute atomic E-state index is 2.69. The third-order valence-corrected chi connectivity index (χ3v) is 28.4. The molecule has 0 spiro atoms. The van der Waals surface area contributed by atoms with E-state index in [0.717, 1.165) is 0 Å². The summed E-state index contributed by atoms with van der Waals surface area (Å²) in [5.41, 5.74) is 1.73. The molecule has 0 aromatic heterocycles. The molecule has 36 valence electrons. The Labute approximate surface area is 68.2 Å². The fourth-order valence-electron chi connectivity index (χ4n) is 0.419. The molecule has 0 saturated carbocycles. The minimum absolute atomic E-state index is 0.0449. The lowest BCUT2D eigenvalue weighted by atomic mass is 11.8. The van der Waals surface area contributed by atoms with E-state index < -0.39 is 0 Å². The number of hydrogen-bond acceptors (Lipinski definition) is 0. The minimum atomic E-state index is -0.0449. The van der Waals surface area contributed by atoms with Gasteiger partial charge in [0.15, 0.2) is 0 Å². The van der Waals surface area contributed by atoms with Crippen molar-refractivity contribution in [2.45, 2.75) is 8.84 Å². The van der Waals surface area contributed by atoms with E-state index in [2.05, 4.69) is 44.4 Å². The first-order valence-corrected chi connectivity index (χ1v) is 10.8. The van der Waals surface area contributed by atoms with Gasteiger partial charge in [-0.25, -0.2) is 0 Å². The second-order valence-electron chi connectivity index (χ2n) is 1.61. The first kappa shape index (κ1) is 6.02. The predicted octanol–water partition coefficient (Wildman–Crippen LogP) is 0.585. The van der Waals surface area contributed by atoms with Crippen molar-refractivity contribution in [1.29, 1.82) is 0 Å². The van der Waals surface area contributed by atoms with Gasteiger partial charge in [-0.1, -0.05) is 28.3 Å². The van der Waals surface area contributed by atoms with Crippen LogP contribution in [0.4, 0.5) is 0 Å². The summed E-state index contributed by atoms with van der Waals surface area (Å²) in [6.07, 6.45) is -0.0449. The largest absolute Gasteiger partial charge is 0.123 e. The van der Waals surface area contributed by atoms with Crippen molar-refractivity contribution < 1.29 is 0 Å². The van der Waals surface area contributed by atoms with Crippen molar-refractivity contribution in [2.75, 3.05) is 0 Å². The van der Waals surface area contributed by atoms with Crippen LogP contribution in [0.1, 0.15) is 0 Å². The van der Waals surface area contributed by atoms with Gasteiger partial charge >= 0.3 is 0 Å². The molecule has 1 rings (SSSR count). The van der Waals surface area contributed by atoms with Crippen LogP contribution < -0.4 is 0 Å². The maximum Gasteiger partial charge on any atom is 0.116 e. The molecule has 1 fully saturated rings. The summed E-state index contributed by atoms with van der Waals surface area (Å²) < 4.78 is 1.27. The van der Waals surface area contributed by atoms with Gasteiger partial charge in [0.05, 0.1) is 0 Å². The molecule has 1 aliphatic rings. The molecule has 6 heavy (non-hydrogen) atoms. The van der Waals surface area contributed by atoms with Gasteiger partial charge in [-0.15, -0.1) is 21.8 Å². The van der Waals surface area contributed by atoms with Crippen molar-refractivity contribution in [2.24, 2.45) is 0 Å². The Morgan fingerprint density at radius 2 is 2.33 bits per heavy atom. The second kappa shape index (κ2) is 2.45. The van der Waals surface area contributed by atoms with Crippen molar-refractivity contribution in [3.8, 4) is 0 Å². The predicted molar refractivity (Wildman–Crippen MR) is 52.3 cm³/mol. The first-order valence-electron chi connectivity index (χ1n) is 2.09. The molecule has 0 aromatic carbocycles. The van der Waals surface area contributed by atoms with Gasteiger partial charge in [-0.05, 0) is 0 Å². The molecule has 0 radical (unpaired) electrons. The Morgan fingerprint density at radius 3 is 2.33 bits per heavy atom. The van der Waals surface area contributed by atoms with Gasteiger partial charge in [0.2, 0.25) is 0 Å². The third-order valence-electron chi connectivity index (χ3n) is 1.11. The van der Waals surface area contributed by atoms with Crippen LogP contribution >= 0.6 is 44.4 Å². The Balaban J connectivity index is 2.20. The van der Waals surface area contributed by atoms with Crippen LogP contribution in [-0.4, -0.2) is 19.0 Å². The van der Waals surface area contributed by atoms with Crippen molar-refractivity contribution >= 4 is 60.2 Å². The summed E-state index contributed by atoms with van der Waals surface area (Å²) in [7, 11) is 0.523. The molecule has 2 unspecified atom stereocenters. The van der Waals surface area contributed by atoms with Gasteiger partial charge < -0.3 is 0 Å². The van der Waals surface area contributed by atoms with E-state index in [0.29, 0.717) is 9.52 Å². The van der Waals surface area contributed by atoms with Crippen molar-refractivity contribution in [1.82, 2.24) is 0 Å². The van der Waals surface area contributed by atoms with Crippen LogP contribution in [0.15, 0.2) is 0 Å². The monoisotopic (exact) mass is 340 g/mol. The number of alkyl halides is 1. The minimum Gasteiger partial charge on any atom is -0.123 e. The average molecular weight is 340 g/mol. The third kappa shape index (κ3) is 1.19. The normalized spacial score (nSPS) is 49.0. The van der Waals surface area contributed by atoms with Gasteiger partial charge in [0, 0.05) is 12.7 Å². The van der Waals surface area contributed by atoms with Gasteiger partial charge in [-0.2, -0.15) is 0 Å². The summed E-state index contributed by atoms with van der Waals surface area (Å²) in [6.45, 7) is 0. The van der Waals surface area contributed by atoms with Crippen LogP contribution in [-0.2, 0) is 0 Å². The second-order valence-corrected chi connectivity index (χ2v) is 17.6. The molecule has 0 aromatic rings. The van der Waals surface area contributed by atoms with E-state index in [9.17, 15) is 0 Å². The maximum atomic E-state index is 2.69. The zero-order valence-electron chi connectivity index (χ0n) is 3.32. The van der Waals surface area contributed by atoms with E-state index in [1.54, 1.807) is 5.67 Å². The van der Waals surface area contributed by atoms with E-state index in [1.165, 1.54) is 3.17 Å². The number of rotatable bonds is 0. The summed E-state index contributed by atoms with van der Waals surface area (Å²) in [5.74, 6) is 0. The highest BCUT2D eigenvalue weighted by molar-refractivity contribution is 14.1. The Hall–Kier alpha value is 1.89. The Bertz CT molecular complexity index is 49.5. The van der Waals surface area contributed by atoms with E-state index in [-0.39, 0.29) is 6.29 Å². The lowest BCUT2D eigenvalue weighted by molar-refractivity contribution is 1.68. The highest BCUT2D eigenvalue weighted by atomic mass is 127. The van der Waals surface area contributed by atoms with Gasteiger partial charge in [0.25, 0.3) is 0 Å². The average Bonchev–Trinajstić information content (AvgIpc) is 1.61.